The highest BCUT2D eigenvalue weighted by atomic mass is 32.2. The van der Waals surface area contributed by atoms with Crippen LogP contribution in [0.4, 0.5) is 5.69 Å². The van der Waals surface area contributed by atoms with Gasteiger partial charge >= 0.3 is 0 Å². The number of rotatable bonds is 11. The predicted molar refractivity (Wildman–Crippen MR) is 133 cm³/mol. The minimum Gasteiger partial charge on any atom is -0.388 e. The highest BCUT2D eigenvalue weighted by molar-refractivity contribution is 7.99. The minimum atomic E-state index is -3.55. The lowest BCUT2D eigenvalue weighted by atomic mass is 10.0. The monoisotopic (exact) mass is 477 g/mol. The van der Waals surface area contributed by atoms with Crippen molar-refractivity contribution in [3.8, 4) is 0 Å². The molecule has 1 aliphatic rings. The van der Waals surface area contributed by atoms with Gasteiger partial charge in [-0.15, -0.1) is 11.8 Å². The maximum Gasteiger partial charge on any atom is 0.241 e. The van der Waals surface area contributed by atoms with Crippen LogP contribution < -0.4 is 9.62 Å². The number of nitrogens with one attached hydrogen (secondary N) is 1. The van der Waals surface area contributed by atoms with E-state index in [1.54, 1.807) is 12.1 Å². The maximum atomic E-state index is 12.3. The first-order chi connectivity index (χ1) is 15.4. The van der Waals surface area contributed by atoms with Crippen molar-refractivity contribution < 1.29 is 13.5 Å². The fraction of sp³-hybridized carbons (Fsp3) is 0.500. The van der Waals surface area contributed by atoms with Gasteiger partial charge in [0.1, 0.15) is 0 Å². The highest BCUT2D eigenvalue weighted by Crippen LogP contribution is 2.29. The van der Waals surface area contributed by atoms with E-state index in [2.05, 4.69) is 44.9 Å². The van der Waals surface area contributed by atoms with E-state index in [0.29, 0.717) is 16.9 Å². The fourth-order valence-electron chi connectivity index (χ4n) is 4.11. The first kappa shape index (κ1) is 25.1. The topological polar surface area (TPSA) is 72.9 Å². The molecule has 0 saturated carbocycles. The molecule has 176 valence electrons. The van der Waals surface area contributed by atoms with E-state index in [4.69, 9.17) is 0 Å². The van der Waals surface area contributed by atoms with Crippen molar-refractivity contribution in [1.29, 1.82) is 0 Å². The van der Waals surface area contributed by atoms with Gasteiger partial charge in [0, 0.05) is 36.8 Å². The fourth-order valence-corrected chi connectivity index (χ4v) is 5.99. The van der Waals surface area contributed by atoms with Gasteiger partial charge in [-0.25, -0.2) is 13.1 Å². The number of unbranched alkanes of at least 4 members (excludes halogenated alkanes) is 2. The van der Waals surface area contributed by atoms with Crippen molar-refractivity contribution in [2.45, 2.75) is 41.6 Å². The number of thioether (sulfide) groups is 1. The van der Waals surface area contributed by atoms with Crippen molar-refractivity contribution >= 4 is 27.5 Å². The number of para-hydroxylation sites is 1. The van der Waals surface area contributed by atoms with Crippen LogP contribution in [0.5, 0.6) is 0 Å². The van der Waals surface area contributed by atoms with Crippen LogP contribution >= 0.6 is 11.8 Å². The van der Waals surface area contributed by atoms with Crippen LogP contribution in [0, 0.1) is 0 Å². The lowest BCUT2D eigenvalue weighted by molar-refractivity contribution is 0.162. The van der Waals surface area contributed by atoms with Gasteiger partial charge in [-0.3, -0.25) is 4.90 Å². The molecular formula is C24H35N3O3S2. The third kappa shape index (κ3) is 6.71. The number of hydrogen-bond donors (Lipinski definition) is 2. The van der Waals surface area contributed by atoms with Crippen molar-refractivity contribution in [1.82, 2.24) is 9.62 Å². The Balaban J connectivity index is 1.39. The van der Waals surface area contributed by atoms with E-state index in [0.717, 1.165) is 52.0 Å². The van der Waals surface area contributed by atoms with E-state index in [9.17, 15) is 13.5 Å². The molecule has 0 spiro atoms. The molecule has 1 atom stereocenters. The van der Waals surface area contributed by atoms with Crippen LogP contribution in [0.2, 0.25) is 0 Å². The molecule has 2 aromatic carbocycles. The van der Waals surface area contributed by atoms with E-state index >= 15 is 0 Å². The Morgan fingerprint density at radius 2 is 1.75 bits per heavy atom. The summed E-state index contributed by atoms with van der Waals surface area (Å²) in [5.41, 5.74) is 1.96. The smallest absolute Gasteiger partial charge is 0.241 e. The summed E-state index contributed by atoms with van der Waals surface area (Å²) in [4.78, 5) is 5.88. The molecule has 0 aliphatic carbocycles. The molecular weight excluding hydrogens is 442 g/mol. The van der Waals surface area contributed by atoms with Gasteiger partial charge in [-0.2, -0.15) is 0 Å². The Morgan fingerprint density at radius 3 is 2.41 bits per heavy atom. The molecule has 1 aliphatic heterocycles. The molecule has 1 unspecified atom stereocenters. The zero-order valence-electron chi connectivity index (χ0n) is 19.0. The van der Waals surface area contributed by atoms with E-state index in [1.165, 1.54) is 24.5 Å². The third-order valence-corrected chi connectivity index (χ3v) is 8.46. The zero-order valence-corrected chi connectivity index (χ0v) is 20.7. The molecule has 6 nitrogen and oxygen atoms in total. The first-order valence-corrected chi connectivity index (χ1v) is 14.0. The minimum absolute atomic E-state index is 0.235. The predicted octanol–water partition coefficient (Wildman–Crippen LogP) is 3.73. The molecule has 0 amide bonds. The number of nitrogens with zero attached hydrogens (tertiary/aromatic N) is 2. The van der Waals surface area contributed by atoms with Crippen LogP contribution in [0.15, 0.2) is 58.3 Å². The summed E-state index contributed by atoms with van der Waals surface area (Å²) in [6.45, 7) is 5.38. The quantitative estimate of drug-likeness (QED) is 0.380. The summed E-state index contributed by atoms with van der Waals surface area (Å²) in [6, 6.07) is 15.8. The molecule has 0 bridgehead atoms. The SMILES string of the molecule is CNS(=O)(=O)c1cc(C(O)CCCCCN2CCN(c3ccccc3)CC2)ccc1SC. The summed E-state index contributed by atoms with van der Waals surface area (Å²) < 4.78 is 27.0. The summed E-state index contributed by atoms with van der Waals surface area (Å²) >= 11 is 1.39. The van der Waals surface area contributed by atoms with Crippen molar-refractivity contribution in [2.75, 3.05) is 50.9 Å². The van der Waals surface area contributed by atoms with Crippen LogP contribution in [0.1, 0.15) is 37.4 Å². The molecule has 1 heterocycles. The van der Waals surface area contributed by atoms with E-state index in [-0.39, 0.29) is 4.90 Å². The normalized spacial score (nSPS) is 16.3. The molecule has 1 saturated heterocycles. The largest absolute Gasteiger partial charge is 0.388 e. The summed E-state index contributed by atoms with van der Waals surface area (Å²) in [5, 5.41) is 10.6. The average molecular weight is 478 g/mol. The first-order valence-electron chi connectivity index (χ1n) is 11.3. The van der Waals surface area contributed by atoms with Crippen LogP contribution in [0.3, 0.4) is 0 Å². The third-order valence-electron chi connectivity index (χ3n) is 6.08. The van der Waals surface area contributed by atoms with Crippen LogP contribution in [0.25, 0.3) is 0 Å². The summed E-state index contributed by atoms with van der Waals surface area (Å²) in [7, 11) is -2.14. The standard InChI is InChI=1S/C24H35N3O3S2/c1-25-32(29,30)24-19-20(12-13-23(24)31-2)22(28)11-7-4-8-14-26-15-17-27(18-16-26)21-9-5-3-6-10-21/h3,5-6,9-10,12-13,19,22,25,28H,4,7-8,11,14-18H2,1-2H3. The van der Waals surface area contributed by atoms with Crippen molar-refractivity contribution in [2.24, 2.45) is 0 Å². The average Bonchev–Trinajstić information content (AvgIpc) is 2.84. The van der Waals surface area contributed by atoms with Crippen molar-refractivity contribution in [3.63, 3.8) is 0 Å². The van der Waals surface area contributed by atoms with E-state index < -0.39 is 16.1 Å². The van der Waals surface area contributed by atoms with Crippen LogP contribution in [-0.2, 0) is 10.0 Å². The van der Waals surface area contributed by atoms with Crippen LogP contribution in [-0.4, -0.2) is 64.5 Å². The second-order valence-corrected chi connectivity index (χ2v) is 10.9. The highest BCUT2D eigenvalue weighted by Gasteiger charge is 2.20. The lowest BCUT2D eigenvalue weighted by Gasteiger charge is -2.36. The number of aliphatic hydroxyl groups excluding tert-OH is 1. The molecule has 1 fully saturated rings. The summed E-state index contributed by atoms with van der Waals surface area (Å²) in [6.07, 6.45) is 4.93. The number of sulfonamides is 1. The Morgan fingerprint density at radius 1 is 1.03 bits per heavy atom. The Kier molecular flexibility index (Phi) is 9.43. The number of piperazine rings is 1. The Bertz CT molecular complexity index is 946. The molecule has 3 rings (SSSR count). The number of anilines is 1. The maximum absolute atomic E-state index is 12.3. The van der Waals surface area contributed by atoms with Gasteiger partial charge in [0.2, 0.25) is 10.0 Å². The van der Waals surface area contributed by atoms with Gasteiger partial charge in [0.25, 0.3) is 0 Å². The van der Waals surface area contributed by atoms with Gasteiger partial charge in [-0.1, -0.05) is 37.1 Å². The molecule has 8 heteroatoms. The summed E-state index contributed by atoms with van der Waals surface area (Å²) in [5.74, 6) is 0. The molecule has 0 aromatic heterocycles. The number of benzene rings is 2. The zero-order chi connectivity index (χ0) is 23.0. The van der Waals surface area contributed by atoms with E-state index in [1.807, 2.05) is 12.3 Å². The van der Waals surface area contributed by atoms with Gasteiger partial charge in [0.15, 0.2) is 0 Å². The Labute approximate surface area is 197 Å². The van der Waals surface area contributed by atoms with Gasteiger partial charge in [-0.05, 0) is 62.5 Å². The molecule has 2 N–H and O–H groups in total. The van der Waals surface area contributed by atoms with Crippen molar-refractivity contribution in [3.05, 3.63) is 54.1 Å². The van der Waals surface area contributed by atoms with Gasteiger partial charge in [0.05, 0.1) is 11.0 Å². The second-order valence-electron chi connectivity index (χ2n) is 8.15. The molecule has 0 radical (unpaired) electrons. The molecule has 2 aromatic rings. The van der Waals surface area contributed by atoms with Gasteiger partial charge < -0.3 is 10.0 Å². The molecule has 32 heavy (non-hydrogen) atoms. The number of aliphatic hydroxyl groups is 1. The lowest BCUT2D eigenvalue weighted by Crippen LogP contribution is -2.46. The second kappa shape index (κ2) is 12.0. The Hall–Kier alpha value is -1.58. The number of hydrogen-bond acceptors (Lipinski definition) is 6.